The van der Waals surface area contributed by atoms with Gasteiger partial charge in [0.05, 0.1) is 6.10 Å². The molecule has 5 heteroatoms. The van der Waals surface area contributed by atoms with E-state index in [1.165, 1.54) is 19.3 Å². The summed E-state index contributed by atoms with van der Waals surface area (Å²) in [7, 11) is 0. The van der Waals surface area contributed by atoms with Crippen molar-refractivity contribution >= 4 is 5.91 Å². The lowest BCUT2D eigenvalue weighted by molar-refractivity contribution is -0.140. The molecule has 1 aliphatic carbocycles. The quantitative estimate of drug-likeness (QED) is 0.841. The predicted octanol–water partition coefficient (Wildman–Crippen LogP) is 3.29. The Hall–Kier alpha value is -1.62. The fraction of sp³-hybridized carbons (Fsp3) is 0.700. The monoisotopic (exact) mass is 344 g/mol. The van der Waals surface area contributed by atoms with E-state index >= 15 is 0 Å². The molecule has 1 saturated carbocycles. The molecule has 0 radical (unpaired) electrons. The van der Waals surface area contributed by atoms with Crippen molar-refractivity contribution in [3.8, 4) is 5.88 Å². The Morgan fingerprint density at radius 3 is 2.76 bits per heavy atom. The van der Waals surface area contributed by atoms with Crippen LogP contribution in [0.4, 0.5) is 0 Å². The lowest BCUT2D eigenvalue weighted by atomic mass is 9.54. The number of nitrogens with zero attached hydrogens (tertiary/aromatic N) is 2. The zero-order chi connectivity index (χ0) is 17.4. The molecule has 3 aliphatic rings. The van der Waals surface area contributed by atoms with E-state index in [-0.39, 0.29) is 12.0 Å². The van der Waals surface area contributed by atoms with Gasteiger partial charge in [0, 0.05) is 37.4 Å². The Morgan fingerprint density at radius 1 is 1.36 bits per heavy atom. The van der Waals surface area contributed by atoms with Crippen molar-refractivity contribution in [3.05, 3.63) is 23.9 Å². The maximum absolute atomic E-state index is 13.3. The van der Waals surface area contributed by atoms with Crippen LogP contribution in [0, 0.1) is 11.3 Å². The van der Waals surface area contributed by atoms with E-state index in [0.29, 0.717) is 28.8 Å². The van der Waals surface area contributed by atoms with Gasteiger partial charge in [-0.3, -0.25) is 4.79 Å². The highest BCUT2D eigenvalue weighted by Crippen LogP contribution is 2.57. The van der Waals surface area contributed by atoms with Gasteiger partial charge in [-0.25, -0.2) is 4.98 Å². The van der Waals surface area contributed by atoms with Gasteiger partial charge in [-0.1, -0.05) is 6.42 Å². The van der Waals surface area contributed by atoms with Crippen LogP contribution in [0.1, 0.15) is 56.3 Å². The molecule has 1 amide bonds. The van der Waals surface area contributed by atoms with Crippen molar-refractivity contribution < 1.29 is 14.3 Å². The van der Waals surface area contributed by atoms with Crippen LogP contribution in [0.5, 0.6) is 5.88 Å². The van der Waals surface area contributed by atoms with Gasteiger partial charge < -0.3 is 14.4 Å². The smallest absolute Gasteiger partial charge is 0.259 e. The normalized spacial score (nSPS) is 25.6. The van der Waals surface area contributed by atoms with Crippen molar-refractivity contribution in [2.24, 2.45) is 11.3 Å². The summed E-state index contributed by atoms with van der Waals surface area (Å²) in [5.74, 6) is 1.11. The molecule has 1 atom stereocenters. The molecule has 1 aromatic rings. The van der Waals surface area contributed by atoms with E-state index < -0.39 is 0 Å². The first-order valence-corrected chi connectivity index (χ1v) is 9.61. The summed E-state index contributed by atoms with van der Waals surface area (Å²) in [5, 5.41) is 0. The number of carbonyl (C=O) groups is 1. The molecule has 1 unspecified atom stereocenters. The Kier molecular flexibility index (Phi) is 4.44. The van der Waals surface area contributed by atoms with Crippen LogP contribution < -0.4 is 4.74 Å². The minimum atomic E-state index is 0.00195. The van der Waals surface area contributed by atoms with Gasteiger partial charge >= 0.3 is 0 Å². The SMILES string of the molecule is CC(C)Oc1ncccc1C(=O)N1CC2(CCC2)C1C1CCOCC1. The standard InChI is InChI=1S/C20H28N2O3/c1-14(2)25-18-16(5-3-10-21-18)19(23)22-13-20(8-4-9-20)17(22)15-6-11-24-12-7-15/h3,5,10,14-15,17H,4,6-9,11-13H2,1-2H3. The van der Waals surface area contributed by atoms with Gasteiger partial charge in [0.2, 0.25) is 5.88 Å². The minimum absolute atomic E-state index is 0.00195. The number of amides is 1. The minimum Gasteiger partial charge on any atom is -0.474 e. The van der Waals surface area contributed by atoms with Crippen LogP contribution in [0.2, 0.25) is 0 Å². The maximum atomic E-state index is 13.3. The molecule has 0 N–H and O–H groups in total. The summed E-state index contributed by atoms with van der Waals surface area (Å²) >= 11 is 0. The molecule has 3 heterocycles. The summed E-state index contributed by atoms with van der Waals surface area (Å²) in [6, 6.07) is 4.03. The van der Waals surface area contributed by atoms with E-state index in [9.17, 15) is 4.79 Å². The molecular weight excluding hydrogens is 316 g/mol. The molecule has 0 bridgehead atoms. The van der Waals surface area contributed by atoms with Crippen LogP contribution >= 0.6 is 0 Å². The number of hydrogen-bond acceptors (Lipinski definition) is 4. The molecule has 4 rings (SSSR count). The lowest BCUT2D eigenvalue weighted by Crippen LogP contribution is -2.71. The van der Waals surface area contributed by atoms with E-state index in [2.05, 4.69) is 9.88 Å². The molecule has 0 aromatic carbocycles. The van der Waals surface area contributed by atoms with Gasteiger partial charge in [0.15, 0.2) is 0 Å². The van der Waals surface area contributed by atoms with E-state index in [1.807, 2.05) is 26.0 Å². The van der Waals surface area contributed by atoms with E-state index in [0.717, 1.165) is 32.6 Å². The molecule has 1 aromatic heterocycles. The first-order chi connectivity index (χ1) is 12.1. The predicted molar refractivity (Wildman–Crippen MR) is 94.7 cm³/mol. The fourth-order valence-corrected chi connectivity index (χ4v) is 4.84. The van der Waals surface area contributed by atoms with Crippen LogP contribution in [0.3, 0.4) is 0 Å². The number of hydrogen-bond donors (Lipinski definition) is 0. The Bertz CT molecular complexity index is 636. The Balaban J connectivity index is 1.57. The Labute approximate surface area is 149 Å². The number of likely N-dealkylation sites (tertiary alicyclic amines) is 1. The largest absolute Gasteiger partial charge is 0.474 e. The number of pyridine rings is 1. The van der Waals surface area contributed by atoms with Crippen molar-refractivity contribution in [1.29, 1.82) is 0 Å². The van der Waals surface area contributed by atoms with Crippen molar-refractivity contribution in [3.63, 3.8) is 0 Å². The molecule has 2 aliphatic heterocycles. The highest BCUT2D eigenvalue weighted by Gasteiger charge is 2.59. The molecule has 136 valence electrons. The van der Waals surface area contributed by atoms with Crippen LogP contribution in [0.25, 0.3) is 0 Å². The molecule has 3 fully saturated rings. The summed E-state index contributed by atoms with van der Waals surface area (Å²) in [5.41, 5.74) is 0.973. The molecule has 2 saturated heterocycles. The lowest BCUT2D eigenvalue weighted by Gasteiger charge is -2.65. The van der Waals surface area contributed by atoms with Gasteiger partial charge in [-0.2, -0.15) is 0 Å². The number of aromatic nitrogens is 1. The second-order valence-corrected chi connectivity index (χ2v) is 8.07. The van der Waals surface area contributed by atoms with Crippen molar-refractivity contribution in [1.82, 2.24) is 9.88 Å². The van der Waals surface area contributed by atoms with Crippen LogP contribution in [-0.4, -0.2) is 47.7 Å². The third kappa shape index (κ3) is 2.92. The summed E-state index contributed by atoms with van der Waals surface area (Å²) in [6.45, 7) is 6.47. The van der Waals surface area contributed by atoms with Gasteiger partial charge in [-0.05, 0) is 57.6 Å². The Morgan fingerprint density at radius 2 is 2.12 bits per heavy atom. The van der Waals surface area contributed by atoms with Crippen molar-refractivity contribution in [2.75, 3.05) is 19.8 Å². The third-order valence-corrected chi connectivity index (χ3v) is 6.12. The number of carbonyl (C=O) groups excluding carboxylic acids is 1. The zero-order valence-corrected chi connectivity index (χ0v) is 15.2. The van der Waals surface area contributed by atoms with E-state index in [1.54, 1.807) is 6.20 Å². The number of rotatable bonds is 4. The first-order valence-electron chi connectivity index (χ1n) is 9.61. The molecule has 5 nitrogen and oxygen atoms in total. The van der Waals surface area contributed by atoms with Gasteiger partial charge in [0.1, 0.15) is 5.56 Å². The van der Waals surface area contributed by atoms with Gasteiger partial charge in [0.25, 0.3) is 5.91 Å². The second kappa shape index (κ2) is 6.60. The van der Waals surface area contributed by atoms with Crippen LogP contribution in [0.15, 0.2) is 18.3 Å². The summed E-state index contributed by atoms with van der Waals surface area (Å²) < 4.78 is 11.3. The van der Waals surface area contributed by atoms with Crippen LogP contribution in [-0.2, 0) is 4.74 Å². The molecule has 25 heavy (non-hydrogen) atoms. The van der Waals surface area contributed by atoms with E-state index in [4.69, 9.17) is 9.47 Å². The van der Waals surface area contributed by atoms with Crippen molar-refractivity contribution in [2.45, 2.75) is 58.1 Å². The first kappa shape index (κ1) is 16.8. The van der Waals surface area contributed by atoms with Gasteiger partial charge in [-0.15, -0.1) is 0 Å². The maximum Gasteiger partial charge on any atom is 0.259 e. The second-order valence-electron chi connectivity index (χ2n) is 8.07. The summed E-state index contributed by atoms with van der Waals surface area (Å²) in [4.78, 5) is 19.7. The highest BCUT2D eigenvalue weighted by molar-refractivity contribution is 5.97. The average Bonchev–Trinajstić information content (AvgIpc) is 2.53. The highest BCUT2D eigenvalue weighted by atomic mass is 16.5. The number of ether oxygens (including phenoxy) is 2. The third-order valence-electron chi connectivity index (χ3n) is 6.12. The molecule has 1 spiro atoms. The fourth-order valence-electron chi connectivity index (χ4n) is 4.84. The molecular formula is C20H28N2O3. The zero-order valence-electron chi connectivity index (χ0n) is 15.2. The topological polar surface area (TPSA) is 51.7 Å². The summed E-state index contributed by atoms with van der Waals surface area (Å²) in [6.07, 6.45) is 7.66. The average molecular weight is 344 g/mol.